The lowest BCUT2D eigenvalue weighted by molar-refractivity contribution is -0.0440. The zero-order chi connectivity index (χ0) is 14.7. The minimum atomic E-state index is -3.18. The Hall–Kier alpha value is -0.170. The average Bonchev–Trinajstić information content (AvgIpc) is 2.22. The molecule has 0 spiro atoms. The molecule has 0 aromatic rings. The standard InChI is InChI=1S/C13H28N2O3S/c1-11-8-15(9-12(2)18-11)19(16,17)7-6-14-10-13(3,4)5/h11-12,14H,6-10H2,1-5H3. The zero-order valence-electron chi connectivity index (χ0n) is 12.8. The van der Waals surface area contributed by atoms with Crippen LogP contribution in [0.1, 0.15) is 34.6 Å². The molecule has 0 aromatic heterocycles. The van der Waals surface area contributed by atoms with E-state index in [1.165, 1.54) is 0 Å². The van der Waals surface area contributed by atoms with Crippen molar-refractivity contribution in [1.82, 2.24) is 9.62 Å². The quantitative estimate of drug-likeness (QED) is 0.770. The van der Waals surface area contributed by atoms with Crippen LogP contribution in [0.15, 0.2) is 0 Å². The van der Waals surface area contributed by atoms with Gasteiger partial charge in [-0.2, -0.15) is 4.31 Å². The maximum atomic E-state index is 12.2. The molecule has 1 aliphatic rings. The summed E-state index contributed by atoms with van der Waals surface area (Å²) in [5.41, 5.74) is 0.172. The number of morpholine rings is 1. The summed E-state index contributed by atoms with van der Waals surface area (Å²) >= 11 is 0. The molecular formula is C13H28N2O3S. The molecule has 5 nitrogen and oxygen atoms in total. The van der Waals surface area contributed by atoms with Crippen molar-refractivity contribution < 1.29 is 13.2 Å². The first-order chi connectivity index (χ1) is 8.60. The predicted octanol–water partition coefficient (Wildman–Crippen LogP) is 1.06. The average molecular weight is 292 g/mol. The number of hydrogen-bond acceptors (Lipinski definition) is 4. The van der Waals surface area contributed by atoms with Crippen LogP contribution >= 0.6 is 0 Å². The molecule has 114 valence electrons. The topological polar surface area (TPSA) is 58.6 Å². The molecule has 0 radical (unpaired) electrons. The van der Waals surface area contributed by atoms with Crippen molar-refractivity contribution in [2.45, 2.75) is 46.8 Å². The van der Waals surface area contributed by atoms with Gasteiger partial charge in [0, 0.05) is 26.2 Å². The molecule has 1 saturated heterocycles. The molecule has 0 aliphatic carbocycles. The Morgan fingerprint density at radius 1 is 1.21 bits per heavy atom. The van der Waals surface area contributed by atoms with Crippen LogP contribution in [0.25, 0.3) is 0 Å². The van der Waals surface area contributed by atoms with Crippen LogP contribution in [0.4, 0.5) is 0 Å². The number of ether oxygens (including phenoxy) is 1. The van der Waals surface area contributed by atoms with E-state index in [1.807, 2.05) is 13.8 Å². The Morgan fingerprint density at radius 3 is 2.21 bits per heavy atom. The number of rotatable bonds is 5. The summed E-state index contributed by atoms with van der Waals surface area (Å²) in [5.74, 6) is 0.155. The van der Waals surface area contributed by atoms with Gasteiger partial charge in [0.2, 0.25) is 10.0 Å². The molecule has 0 saturated carbocycles. The van der Waals surface area contributed by atoms with Crippen molar-refractivity contribution in [3.8, 4) is 0 Å². The lowest BCUT2D eigenvalue weighted by atomic mass is 9.97. The van der Waals surface area contributed by atoms with Crippen LogP contribution < -0.4 is 5.32 Å². The van der Waals surface area contributed by atoms with E-state index in [-0.39, 0.29) is 23.4 Å². The Morgan fingerprint density at radius 2 is 1.74 bits per heavy atom. The van der Waals surface area contributed by atoms with Crippen LogP contribution in [0, 0.1) is 5.41 Å². The second kappa shape index (κ2) is 6.52. The van der Waals surface area contributed by atoms with Crippen molar-refractivity contribution in [2.24, 2.45) is 5.41 Å². The lowest BCUT2D eigenvalue weighted by Crippen LogP contribution is -2.49. The summed E-state index contributed by atoms with van der Waals surface area (Å²) in [6.07, 6.45) is -0.0536. The molecule has 1 rings (SSSR count). The van der Waals surface area contributed by atoms with E-state index in [0.29, 0.717) is 19.6 Å². The fourth-order valence-corrected chi connectivity index (χ4v) is 3.69. The third kappa shape index (κ3) is 6.21. The van der Waals surface area contributed by atoms with Gasteiger partial charge in [-0.15, -0.1) is 0 Å². The van der Waals surface area contributed by atoms with Gasteiger partial charge >= 0.3 is 0 Å². The van der Waals surface area contributed by atoms with Gasteiger partial charge in [0.05, 0.1) is 18.0 Å². The van der Waals surface area contributed by atoms with E-state index in [1.54, 1.807) is 4.31 Å². The lowest BCUT2D eigenvalue weighted by Gasteiger charge is -2.34. The first-order valence-electron chi connectivity index (χ1n) is 6.94. The Labute approximate surface area is 117 Å². The number of nitrogens with one attached hydrogen (secondary N) is 1. The van der Waals surface area contributed by atoms with E-state index in [4.69, 9.17) is 4.74 Å². The Kier molecular flexibility index (Phi) is 5.79. The van der Waals surface area contributed by atoms with E-state index in [2.05, 4.69) is 26.1 Å². The highest BCUT2D eigenvalue weighted by molar-refractivity contribution is 7.89. The molecule has 0 aromatic carbocycles. The van der Waals surface area contributed by atoms with Gasteiger partial charge in [-0.25, -0.2) is 8.42 Å². The molecule has 6 heteroatoms. The van der Waals surface area contributed by atoms with Crippen LogP contribution in [0.3, 0.4) is 0 Å². The highest BCUT2D eigenvalue weighted by atomic mass is 32.2. The zero-order valence-corrected chi connectivity index (χ0v) is 13.6. The minimum absolute atomic E-state index is 0.0268. The number of sulfonamides is 1. The van der Waals surface area contributed by atoms with Crippen LogP contribution in [0.5, 0.6) is 0 Å². The fraction of sp³-hybridized carbons (Fsp3) is 1.00. The smallest absolute Gasteiger partial charge is 0.215 e. The predicted molar refractivity (Wildman–Crippen MR) is 77.7 cm³/mol. The van der Waals surface area contributed by atoms with E-state index >= 15 is 0 Å². The molecule has 0 bridgehead atoms. The maximum absolute atomic E-state index is 12.2. The van der Waals surface area contributed by atoms with Gasteiger partial charge in [-0.3, -0.25) is 0 Å². The summed E-state index contributed by atoms with van der Waals surface area (Å²) < 4.78 is 31.6. The largest absolute Gasteiger partial charge is 0.373 e. The van der Waals surface area contributed by atoms with Gasteiger partial charge in [0.15, 0.2) is 0 Å². The molecule has 1 N–H and O–H groups in total. The maximum Gasteiger partial charge on any atom is 0.215 e. The number of nitrogens with zero attached hydrogens (tertiary/aromatic N) is 1. The normalized spacial score (nSPS) is 26.6. The molecule has 19 heavy (non-hydrogen) atoms. The second-order valence-electron chi connectivity index (χ2n) is 6.63. The third-order valence-electron chi connectivity index (χ3n) is 2.97. The second-order valence-corrected chi connectivity index (χ2v) is 8.72. The fourth-order valence-electron chi connectivity index (χ4n) is 2.15. The molecule has 0 amide bonds. The highest BCUT2D eigenvalue weighted by Crippen LogP contribution is 2.15. The molecule has 2 atom stereocenters. The number of hydrogen-bond donors (Lipinski definition) is 1. The van der Waals surface area contributed by atoms with E-state index in [0.717, 1.165) is 6.54 Å². The molecule has 1 fully saturated rings. The summed E-state index contributed by atoms with van der Waals surface area (Å²) in [6.45, 7) is 12.4. The molecule has 1 aliphatic heterocycles. The third-order valence-corrected chi connectivity index (χ3v) is 4.78. The summed E-state index contributed by atoms with van der Waals surface area (Å²) in [7, 11) is -3.18. The van der Waals surface area contributed by atoms with Crippen molar-refractivity contribution in [3.05, 3.63) is 0 Å². The van der Waals surface area contributed by atoms with Crippen molar-refractivity contribution in [1.29, 1.82) is 0 Å². The minimum Gasteiger partial charge on any atom is -0.373 e. The Bertz CT molecular complexity index is 366. The van der Waals surface area contributed by atoms with E-state index in [9.17, 15) is 8.42 Å². The first kappa shape index (κ1) is 16.9. The van der Waals surface area contributed by atoms with Gasteiger partial charge < -0.3 is 10.1 Å². The summed E-state index contributed by atoms with van der Waals surface area (Å²) in [4.78, 5) is 0. The Balaban J connectivity index is 2.43. The molecule has 2 unspecified atom stereocenters. The summed E-state index contributed by atoms with van der Waals surface area (Å²) in [5, 5.41) is 3.21. The molecular weight excluding hydrogens is 264 g/mol. The van der Waals surface area contributed by atoms with Crippen molar-refractivity contribution >= 4 is 10.0 Å². The van der Waals surface area contributed by atoms with Crippen LogP contribution in [0.2, 0.25) is 0 Å². The van der Waals surface area contributed by atoms with Crippen LogP contribution in [-0.4, -0.2) is 56.9 Å². The SMILES string of the molecule is CC1CN(S(=O)(=O)CCNCC(C)(C)C)CC(C)O1. The summed E-state index contributed by atoms with van der Waals surface area (Å²) in [6, 6.07) is 0. The van der Waals surface area contributed by atoms with Gasteiger partial charge in [0.1, 0.15) is 0 Å². The van der Waals surface area contributed by atoms with Gasteiger partial charge in [0.25, 0.3) is 0 Å². The first-order valence-corrected chi connectivity index (χ1v) is 8.55. The van der Waals surface area contributed by atoms with Crippen LogP contribution in [-0.2, 0) is 14.8 Å². The van der Waals surface area contributed by atoms with Crippen molar-refractivity contribution in [2.75, 3.05) is 31.9 Å². The molecule has 1 heterocycles. The van der Waals surface area contributed by atoms with Gasteiger partial charge in [-0.05, 0) is 19.3 Å². The highest BCUT2D eigenvalue weighted by Gasteiger charge is 2.30. The van der Waals surface area contributed by atoms with E-state index < -0.39 is 10.0 Å². The van der Waals surface area contributed by atoms with Gasteiger partial charge in [-0.1, -0.05) is 20.8 Å². The van der Waals surface area contributed by atoms with Crippen molar-refractivity contribution in [3.63, 3.8) is 0 Å². The monoisotopic (exact) mass is 292 g/mol.